The second-order valence-corrected chi connectivity index (χ2v) is 9.11. The Morgan fingerprint density at radius 3 is 2.72 bits per heavy atom. The smallest absolute Gasteiger partial charge is 0.338 e. The van der Waals surface area contributed by atoms with E-state index in [-0.39, 0.29) is 34.5 Å². The second-order valence-electron chi connectivity index (χ2n) is 8.70. The minimum absolute atomic E-state index is 0.0835. The van der Waals surface area contributed by atoms with Gasteiger partial charge in [0.1, 0.15) is 23.2 Å². The number of hydrogen-bond donors (Lipinski definition) is 3. The fourth-order valence-corrected chi connectivity index (χ4v) is 4.43. The van der Waals surface area contributed by atoms with Crippen molar-refractivity contribution in [1.82, 2.24) is 15.3 Å². The maximum atomic E-state index is 13.6. The molecule has 1 aliphatic heterocycles. The summed E-state index contributed by atoms with van der Waals surface area (Å²) in [6.07, 6.45) is 1.39. The van der Waals surface area contributed by atoms with Crippen LogP contribution in [0.1, 0.15) is 34.5 Å². The molecule has 2 aromatic carbocycles. The predicted octanol–water partition coefficient (Wildman–Crippen LogP) is 5.14. The molecule has 198 valence electrons. The van der Waals surface area contributed by atoms with Crippen molar-refractivity contribution in [2.45, 2.75) is 19.9 Å². The lowest BCUT2D eigenvalue weighted by Crippen LogP contribution is -2.37. The average molecular weight is 549 g/mol. The molecule has 39 heavy (non-hydrogen) atoms. The molecular weight excluding hydrogens is 527 g/mol. The number of benzene rings is 2. The summed E-state index contributed by atoms with van der Waals surface area (Å²) in [6.45, 7) is 3.61. The Balaban J connectivity index is 1.49. The summed E-state index contributed by atoms with van der Waals surface area (Å²) in [7, 11) is 1.27. The number of fused-ring (bicyclic) bond motifs is 1. The number of carbonyl (C=O) groups is 2. The zero-order valence-corrected chi connectivity index (χ0v) is 21.8. The first-order valence-electron chi connectivity index (χ1n) is 11.7. The topological polar surface area (TPSA) is 131 Å². The Morgan fingerprint density at radius 2 is 1.95 bits per heavy atom. The van der Waals surface area contributed by atoms with Crippen LogP contribution in [0, 0.1) is 12.7 Å². The monoisotopic (exact) mass is 548 g/mol. The molecule has 0 saturated carbocycles. The number of nitrogens with zero attached hydrogens (tertiary/aromatic N) is 3. The molecule has 0 radical (unpaired) electrons. The quantitative estimate of drug-likeness (QED) is 0.292. The minimum Gasteiger partial charge on any atom is -0.465 e. The number of esters is 1. The fraction of sp³-hybridized carbons (Fsp3) is 0.148. The summed E-state index contributed by atoms with van der Waals surface area (Å²) in [5, 5.41) is 9.15. The van der Waals surface area contributed by atoms with E-state index in [1.165, 1.54) is 43.6 Å². The molecule has 1 amide bonds. The highest BCUT2D eigenvalue weighted by Gasteiger charge is 2.31. The Kier molecular flexibility index (Phi) is 6.99. The highest BCUT2D eigenvalue weighted by atomic mass is 35.5. The van der Waals surface area contributed by atoms with Crippen LogP contribution in [-0.4, -0.2) is 34.9 Å². The number of hydrogen-bond acceptors (Lipinski definition) is 9. The van der Waals surface area contributed by atoms with Crippen LogP contribution >= 0.6 is 11.6 Å². The molecular formula is C27H22ClFN6O4. The van der Waals surface area contributed by atoms with E-state index in [1.807, 2.05) is 13.0 Å². The van der Waals surface area contributed by atoms with Crippen LogP contribution in [0.25, 0.3) is 11.1 Å². The number of anilines is 2. The number of halogens is 2. The van der Waals surface area contributed by atoms with Gasteiger partial charge >= 0.3 is 12.0 Å². The zero-order chi connectivity index (χ0) is 27.7. The molecule has 10 nitrogen and oxygen atoms in total. The van der Waals surface area contributed by atoms with Crippen LogP contribution < -0.4 is 16.0 Å². The van der Waals surface area contributed by atoms with Crippen molar-refractivity contribution >= 4 is 52.4 Å². The number of methoxy groups -OCH3 is 1. The molecule has 0 bridgehead atoms. The van der Waals surface area contributed by atoms with Gasteiger partial charge in [0, 0.05) is 28.5 Å². The van der Waals surface area contributed by atoms with Crippen LogP contribution in [0.3, 0.4) is 0 Å². The van der Waals surface area contributed by atoms with Gasteiger partial charge in [-0.15, -0.1) is 0 Å². The molecule has 0 spiro atoms. The fourth-order valence-electron chi connectivity index (χ4n) is 4.09. The van der Waals surface area contributed by atoms with Gasteiger partial charge < -0.3 is 19.8 Å². The van der Waals surface area contributed by atoms with Gasteiger partial charge in [-0.2, -0.15) is 4.98 Å². The lowest BCUT2D eigenvalue weighted by molar-refractivity contribution is -0.113. The minimum atomic E-state index is -0.826. The van der Waals surface area contributed by atoms with Crippen LogP contribution in [0.5, 0.6) is 0 Å². The lowest BCUT2D eigenvalue weighted by Gasteiger charge is -2.27. The van der Waals surface area contributed by atoms with E-state index in [1.54, 1.807) is 19.1 Å². The highest BCUT2D eigenvalue weighted by molar-refractivity contribution is 6.31. The number of nitrogens with one attached hydrogen (secondary N) is 3. The van der Waals surface area contributed by atoms with Gasteiger partial charge in [0.15, 0.2) is 5.58 Å². The Morgan fingerprint density at radius 1 is 1.13 bits per heavy atom. The normalized spacial score (nSPS) is 15.0. The van der Waals surface area contributed by atoms with E-state index in [9.17, 15) is 14.0 Å². The van der Waals surface area contributed by atoms with Gasteiger partial charge in [0.05, 0.1) is 18.2 Å². The number of rotatable bonds is 5. The standard InChI is InChI=1S/C27H22ClFN6O4/c1-13-4-6-17(18(28)10-13)23-22(24(36)33-21-11-15(8-9-30-21)25(37)38-3)14(2)31-26(34-23)35-27-32-19-7-5-16(29)12-20(19)39-27/h4-12,23H,1-3H3,(H,30,33,36)(H2,31,32,34,35)/t23-/m0/s1. The number of allylic oxidation sites excluding steroid dienone is 1. The van der Waals surface area contributed by atoms with E-state index in [0.29, 0.717) is 21.8 Å². The van der Waals surface area contributed by atoms with E-state index >= 15 is 0 Å². The molecule has 2 aromatic heterocycles. The number of aliphatic imine (C=N–C) groups is 1. The summed E-state index contributed by atoms with van der Waals surface area (Å²) in [4.78, 5) is 38.6. The van der Waals surface area contributed by atoms with Crippen LogP contribution in [0.2, 0.25) is 5.02 Å². The molecule has 0 aliphatic carbocycles. The van der Waals surface area contributed by atoms with E-state index in [0.717, 1.165) is 5.56 Å². The third-order valence-corrected chi connectivity index (χ3v) is 6.26. The number of ether oxygens (including phenoxy) is 1. The summed E-state index contributed by atoms with van der Waals surface area (Å²) in [6, 6.07) is 11.6. The summed E-state index contributed by atoms with van der Waals surface area (Å²) >= 11 is 6.59. The van der Waals surface area contributed by atoms with Crippen molar-refractivity contribution in [3.05, 3.63) is 93.5 Å². The maximum Gasteiger partial charge on any atom is 0.338 e. The highest BCUT2D eigenvalue weighted by Crippen LogP contribution is 2.36. The number of pyridine rings is 1. The van der Waals surface area contributed by atoms with E-state index in [4.69, 9.17) is 25.7 Å². The third-order valence-electron chi connectivity index (χ3n) is 5.94. The molecule has 0 unspecified atom stereocenters. The summed E-state index contributed by atoms with van der Waals surface area (Å²) in [5.74, 6) is -1.12. The summed E-state index contributed by atoms with van der Waals surface area (Å²) < 4.78 is 23.9. The second kappa shape index (κ2) is 10.5. The van der Waals surface area contributed by atoms with Gasteiger partial charge in [0.25, 0.3) is 5.91 Å². The van der Waals surface area contributed by atoms with Gasteiger partial charge in [0.2, 0.25) is 5.96 Å². The molecule has 4 aromatic rings. The zero-order valence-electron chi connectivity index (χ0n) is 21.0. The van der Waals surface area contributed by atoms with Crippen molar-refractivity contribution < 1.29 is 23.1 Å². The van der Waals surface area contributed by atoms with Crippen molar-refractivity contribution in [3.63, 3.8) is 0 Å². The molecule has 1 aliphatic rings. The van der Waals surface area contributed by atoms with Gasteiger partial charge in [-0.25, -0.2) is 19.2 Å². The van der Waals surface area contributed by atoms with Gasteiger partial charge in [-0.1, -0.05) is 23.7 Å². The molecule has 12 heteroatoms. The third kappa shape index (κ3) is 5.43. The largest absolute Gasteiger partial charge is 0.465 e. The molecule has 5 rings (SSSR count). The maximum absolute atomic E-state index is 13.6. The first-order chi connectivity index (χ1) is 18.7. The number of oxazole rings is 1. The molecule has 3 heterocycles. The SMILES string of the molecule is COC(=O)c1ccnc(NC(=O)C2=C(C)NC(Nc3nc4ccc(F)cc4o3)=N[C@H]2c2ccc(C)cc2Cl)c1. The molecule has 3 N–H and O–H groups in total. The molecule has 0 saturated heterocycles. The van der Waals surface area contributed by atoms with Crippen molar-refractivity contribution in [2.24, 2.45) is 4.99 Å². The Hall–Kier alpha value is -4.77. The van der Waals surface area contributed by atoms with Gasteiger partial charge in [-0.05, 0) is 49.7 Å². The first kappa shape index (κ1) is 25.9. The molecule has 0 fully saturated rings. The number of aromatic nitrogens is 2. The predicted molar refractivity (Wildman–Crippen MR) is 144 cm³/mol. The van der Waals surface area contributed by atoms with E-state index < -0.39 is 23.7 Å². The Labute approximate surface area is 227 Å². The number of aryl methyl sites for hydroxylation is 1. The molecule has 1 atom stereocenters. The van der Waals surface area contributed by atoms with Crippen LogP contribution in [0.15, 0.2) is 75.4 Å². The van der Waals surface area contributed by atoms with Crippen LogP contribution in [-0.2, 0) is 9.53 Å². The average Bonchev–Trinajstić information content (AvgIpc) is 3.29. The first-order valence-corrected chi connectivity index (χ1v) is 12.1. The Bertz CT molecular complexity index is 1680. The van der Waals surface area contributed by atoms with E-state index in [2.05, 4.69) is 25.9 Å². The van der Waals surface area contributed by atoms with Crippen molar-refractivity contribution in [1.29, 1.82) is 0 Å². The van der Waals surface area contributed by atoms with Crippen molar-refractivity contribution in [2.75, 3.05) is 17.7 Å². The van der Waals surface area contributed by atoms with Crippen molar-refractivity contribution in [3.8, 4) is 0 Å². The van der Waals surface area contributed by atoms with Crippen LogP contribution in [0.4, 0.5) is 16.2 Å². The summed E-state index contributed by atoms with van der Waals surface area (Å²) in [5.41, 5.74) is 3.23. The van der Waals surface area contributed by atoms with Gasteiger partial charge in [-0.3, -0.25) is 10.1 Å². The number of guanidine groups is 1. The number of amides is 1. The number of carbonyl (C=O) groups excluding carboxylic acids is 2. The lowest BCUT2D eigenvalue weighted by atomic mass is 9.95.